The van der Waals surface area contributed by atoms with Crippen LogP contribution < -0.4 is 20.3 Å². The molecule has 3 aliphatic rings. The molecule has 34 heavy (non-hydrogen) atoms. The fourth-order valence-electron chi connectivity index (χ4n) is 5.33. The van der Waals surface area contributed by atoms with Crippen LogP contribution in [0.4, 0.5) is 4.39 Å². The van der Waals surface area contributed by atoms with E-state index in [9.17, 15) is 14.3 Å². The van der Waals surface area contributed by atoms with E-state index in [0.29, 0.717) is 67.5 Å². The average molecular weight is 468 g/mol. The van der Waals surface area contributed by atoms with Crippen LogP contribution in [-0.2, 0) is 13.1 Å². The summed E-state index contributed by atoms with van der Waals surface area (Å²) in [6.07, 6.45) is 3.09. The molecule has 0 aliphatic carbocycles. The minimum atomic E-state index is -0.570. The van der Waals surface area contributed by atoms with Crippen LogP contribution in [0.5, 0.6) is 11.5 Å². The zero-order valence-electron chi connectivity index (χ0n) is 18.6. The molecule has 1 saturated heterocycles. The Morgan fingerprint density at radius 2 is 2.00 bits per heavy atom. The third-order valence-corrected chi connectivity index (χ3v) is 6.98. The molecular formula is C24H26FN5O4. The molecule has 3 aromatic heterocycles. The molecule has 3 aliphatic heterocycles. The van der Waals surface area contributed by atoms with Crippen molar-refractivity contribution in [3.8, 4) is 11.5 Å². The molecule has 3 aromatic rings. The highest BCUT2D eigenvalue weighted by atomic mass is 19.1. The topological polar surface area (TPSA) is 102 Å². The van der Waals surface area contributed by atoms with Gasteiger partial charge >= 0.3 is 0 Å². The highest BCUT2D eigenvalue weighted by molar-refractivity contribution is 5.80. The fourth-order valence-corrected chi connectivity index (χ4v) is 5.33. The lowest BCUT2D eigenvalue weighted by atomic mass is 9.97. The lowest BCUT2D eigenvalue weighted by Crippen LogP contribution is -2.53. The number of likely N-dealkylation sites (tertiary alicyclic amines) is 1. The Labute approximate surface area is 195 Å². The number of halogens is 1. The number of fused-ring (bicyclic) bond motifs is 1. The van der Waals surface area contributed by atoms with E-state index in [1.54, 1.807) is 16.8 Å². The van der Waals surface area contributed by atoms with Crippen molar-refractivity contribution in [2.75, 3.05) is 32.8 Å². The lowest BCUT2D eigenvalue weighted by Gasteiger charge is -2.37. The van der Waals surface area contributed by atoms with Crippen LogP contribution in [-0.4, -0.2) is 69.5 Å². The fraction of sp³-hybridized carbons (Fsp3) is 0.458. The van der Waals surface area contributed by atoms with Gasteiger partial charge in [-0.25, -0.2) is 4.39 Å². The van der Waals surface area contributed by atoms with E-state index in [1.165, 1.54) is 12.3 Å². The normalized spacial score (nSPS) is 24.0. The van der Waals surface area contributed by atoms with Gasteiger partial charge in [-0.3, -0.25) is 19.7 Å². The Hall–Kier alpha value is -3.08. The van der Waals surface area contributed by atoms with Gasteiger partial charge < -0.3 is 24.5 Å². The van der Waals surface area contributed by atoms with Crippen molar-refractivity contribution in [3.63, 3.8) is 0 Å². The maximum atomic E-state index is 14.7. The summed E-state index contributed by atoms with van der Waals surface area (Å²) in [6, 6.07) is 4.93. The average Bonchev–Trinajstić information content (AvgIpc) is 3.23. The largest absolute Gasteiger partial charge is 0.486 e. The molecule has 3 atom stereocenters. The van der Waals surface area contributed by atoms with Gasteiger partial charge in [0.1, 0.15) is 19.0 Å². The number of aromatic nitrogens is 3. The molecule has 1 unspecified atom stereocenters. The highest BCUT2D eigenvalue weighted by Crippen LogP contribution is 2.35. The maximum Gasteiger partial charge on any atom is 0.251 e. The van der Waals surface area contributed by atoms with Gasteiger partial charge in [-0.2, -0.15) is 0 Å². The Bertz CT molecular complexity index is 1300. The Morgan fingerprint density at radius 3 is 2.85 bits per heavy atom. The highest BCUT2D eigenvalue weighted by Gasteiger charge is 2.34. The SMILES string of the molecule is O=c1ccc2ncc(F)c3c2n1CC3CN1CC[C@H](NCc2cc3c(cn2)OCCO3)[C@H](O)C1. The predicted octanol–water partition coefficient (Wildman–Crippen LogP) is 1.02. The number of pyridine rings is 3. The molecule has 0 spiro atoms. The molecule has 0 bridgehead atoms. The first kappa shape index (κ1) is 21.5. The molecule has 2 N–H and O–H groups in total. The van der Waals surface area contributed by atoms with Gasteiger partial charge in [0, 0.05) is 55.8 Å². The van der Waals surface area contributed by atoms with Crippen LogP contribution in [0.25, 0.3) is 11.0 Å². The third-order valence-electron chi connectivity index (χ3n) is 6.98. The van der Waals surface area contributed by atoms with E-state index in [0.717, 1.165) is 18.7 Å². The second-order valence-electron chi connectivity index (χ2n) is 9.16. The van der Waals surface area contributed by atoms with E-state index < -0.39 is 6.10 Å². The van der Waals surface area contributed by atoms with Gasteiger partial charge in [-0.1, -0.05) is 0 Å². The molecular weight excluding hydrogens is 441 g/mol. The van der Waals surface area contributed by atoms with E-state index in [4.69, 9.17) is 9.47 Å². The van der Waals surface area contributed by atoms with Crippen molar-refractivity contribution in [2.24, 2.45) is 0 Å². The molecule has 9 nitrogen and oxygen atoms in total. The number of aliphatic hydroxyl groups is 1. The van der Waals surface area contributed by atoms with Crippen molar-refractivity contribution in [3.05, 3.63) is 58.0 Å². The number of ether oxygens (including phenoxy) is 2. The predicted molar refractivity (Wildman–Crippen MR) is 122 cm³/mol. The quantitative estimate of drug-likeness (QED) is 0.574. The van der Waals surface area contributed by atoms with Crippen molar-refractivity contribution in [1.82, 2.24) is 24.8 Å². The molecule has 1 fully saturated rings. The standard InChI is InChI=1S/C24H26FN5O4/c25-16-9-28-18-1-2-22(32)30-12-14(23(16)24(18)30)11-29-4-3-17(19(31)13-29)27-8-15-7-20-21(10-26-15)34-6-5-33-20/h1-2,7,9-10,14,17,19,27,31H,3-6,8,11-13H2/t14?,17-,19+/m0/s1. The maximum absolute atomic E-state index is 14.7. The van der Waals surface area contributed by atoms with Gasteiger partial charge in [-0.05, 0) is 19.0 Å². The van der Waals surface area contributed by atoms with Crippen LogP contribution in [0.3, 0.4) is 0 Å². The Morgan fingerprint density at radius 1 is 1.15 bits per heavy atom. The third kappa shape index (κ3) is 3.81. The smallest absolute Gasteiger partial charge is 0.251 e. The summed E-state index contributed by atoms with van der Waals surface area (Å²) >= 11 is 0. The zero-order valence-corrected chi connectivity index (χ0v) is 18.6. The number of aliphatic hydroxyl groups excluding tert-OH is 1. The van der Waals surface area contributed by atoms with Gasteiger partial charge in [0.25, 0.3) is 5.56 Å². The number of rotatable bonds is 5. The van der Waals surface area contributed by atoms with Crippen LogP contribution in [0.2, 0.25) is 0 Å². The first-order chi connectivity index (χ1) is 16.6. The number of piperidine rings is 1. The first-order valence-corrected chi connectivity index (χ1v) is 11.6. The molecule has 178 valence electrons. The molecule has 0 amide bonds. The molecule has 6 heterocycles. The van der Waals surface area contributed by atoms with E-state index in [-0.39, 0.29) is 23.3 Å². The number of nitrogens with zero attached hydrogens (tertiary/aromatic N) is 4. The molecule has 0 saturated carbocycles. The van der Waals surface area contributed by atoms with Crippen molar-refractivity contribution in [1.29, 1.82) is 0 Å². The van der Waals surface area contributed by atoms with Crippen molar-refractivity contribution >= 4 is 11.0 Å². The summed E-state index contributed by atoms with van der Waals surface area (Å²) in [5, 5.41) is 14.2. The second kappa shape index (κ2) is 8.61. The van der Waals surface area contributed by atoms with Crippen LogP contribution >= 0.6 is 0 Å². The number of hydrogen-bond acceptors (Lipinski definition) is 8. The molecule has 0 aromatic carbocycles. The van der Waals surface area contributed by atoms with Crippen molar-refractivity contribution < 1.29 is 19.0 Å². The second-order valence-corrected chi connectivity index (χ2v) is 9.16. The van der Waals surface area contributed by atoms with Crippen LogP contribution in [0.15, 0.2) is 35.4 Å². The Balaban J connectivity index is 1.09. The summed E-state index contributed by atoms with van der Waals surface area (Å²) in [4.78, 5) is 23.0. The van der Waals surface area contributed by atoms with Gasteiger partial charge in [0.2, 0.25) is 0 Å². The zero-order chi connectivity index (χ0) is 23.2. The van der Waals surface area contributed by atoms with Crippen LogP contribution in [0.1, 0.15) is 23.6 Å². The monoisotopic (exact) mass is 467 g/mol. The van der Waals surface area contributed by atoms with E-state index in [1.807, 2.05) is 6.07 Å². The van der Waals surface area contributed by atoms with Gasteiger partial charge in [0.15, 0.2) is 11.5 Å². The number of hydrogen-bond donors (Lipinski definition) is 2. The van der Waals surface area contributed by atoms with Gasteiger partial charge in [0.05, 0.1) is 35.2 Å². The molecule has 10 heteroatoms. The summed E-state index contributed by atoms with van der Waals surface area (Å²) in [5.41, 5.74) is 2.47. The summed E-state index contributed by atoms with van der Waals surface area (Å²) in [5.74, 6) is 0.822. The Kier molecular flexibility index (Phi) is 5.43. The first-order valence-electron chi connectivity index (χ1n) is 11.6. The molecule has 0 radical (unpaired) electrons. The van der Waals surface area contributed by atoms with E-state index >= 15 is 0 Å². The number of nitrogens with one attached hydrogen (secondary N) is 1. The lowest BCUT2D eigenvalue weighted by molar-refractivity contribution is 0.0367. The summed E-state index contributed by atoms with van der Waals surface area (Å²) in [6.45, 7) is 3.81. The van der Waals surface area contributed by atoms with Crippen LogP contribution in [0, 0.1) is 5.82 Å². The minimum absolute atomic E-state index is 0.0704. The number of β-amino-alcohol motifs (C(OH)–C–C–N with tert-alkyl or cyclic N) is 1. The van der Waals surface area contributed by atoms with E-state index in [2.05, 4.69) is 20.2 Å². The van der Waals surface area contributed by atoms with Gasteiger partial charge in [-0.15, -0.1) is 0 Å². The molecule has 6 rings (SSSR count). The summed E-state index contributed by atoms with van der Waals surface area (Å²) in [7, 11) is 0. The van der Waals surface area contributed by atoms with Crippen molar-refractivity contribution in [2.45, 2.75) is 37.6 Å². The minimum Gasteiger partial charge on any atom is -0.486 e. The summed E-state index contributed by atoms with van der Waals surface area (Å²) < 4.78 is 27.5.